The first kappa shape index (κ1) is 11.0. The normalized spacial score (nSPS) is 9.45. The Balaban J connectivity index is 0.000001000. The molecule has 0 aliphatic carbocycles. The zero-order chi connectivity index (χ0) is 7.56. The Morgan fingerprint density at radius 1 is 1.09 bits per heavy atom. The van der Waals surface area contributed by atoms with E-state index in [1.807, 2.05) is 12.1 Å². The molecule has 0 spiro atoms. The Hall–Kier alpha value is 0.0425. The van der Waals surface area contributed by atoms with Gasteiger partial charge in [0.2, 0.25) is 0 Å². The average molecular weight is 185 g/mol. The summed E-state index contributed by atoms with van der Waals surface area (Å²) in [4.78, 5) is 0. The van der Waals surface area contributed by atoms with Crippen molar-refractivity contribution >= 4 is 29.0 Å². The molecule has 60 valence electrons. The van der Waals surface area contributed by atoms with Crippen molar-refractivity contribution in [3.63, 3.8) is 0 Å². The van der Waals surface area contributed by atoms with Crippen molar-refractivity contribution in [2.24, 2.45) is 0 Å². The van der Waals surface area contributed by atoms with Gasteiger partial charge in [-0.15, -0.1) is 0 Å². The number of hydrogen-bond acceptors (Lipinski definition) is 0. The molecule has 0 aliphatic rings. The highest BCUT2D eigenvalue weighted by Gasteiger charge is 1.96. The standard InChI is InChI=1S/C9H11Cl.Al.3H/c1-7(2)8-3-5-9(10)6-4-8;;;;/h3-7H,1-2H3;;;;. The van der Waals surface area contributed by atoms with Gasteiger partial charge in [-0.1, -0.05) is 37.6 Å². The fourth-order valence-corrected chi connectivity index (χ4v) is 0.974. The van der Waals surface area contributed by atoms with Gasteiger partial charge in [0, 0.05) is 5.02 Å². The predicted molar refractivity (Wildman–Crippen MR) is 55.5 cm³/mol. The maximum Gasteiger partial charge on any atom is 0.187 e. The van der Waals surface area contributed by atoms with E-state index < -0.39 is 0 Å². The van der Waals surface area contributed by atoms with Gasteiger partial charge in [0.15, 0.2) is 17.4 Å². The maximum atomic E-state index is 5.72. The lowest BCUT2D eigenvalue weighted by molar-refractivity contribution is 0.867. The molecule has 1 rings (SSSR count). The van der Waals surface area contributed by atoms with Crippen LogP contribution in [0.4, 0.5) is 0 Å². The molecule has 0 amide bonds. The maximum absolute atomic E-state index is 5.72. The molecule has 0 atom stereocenters. The Bertz CT molecular complexity index is 203. The summed E-state index contributed by atoms with van der Waals surface area (Å²) in [5, 5.41) is 0.810. The Kier molecular flexibility index (Phi) is 4.85. The smallest absolute Gasteiger partial charge is 0.0843 e. The first-order valence-corrected chi connectivity index (χ1v) is 3.83. The largest absolute Gasteiger partial charge is 0.187 e. The van der Waals surface area contributed by atoms with E-state index in [1.54, 1.807) is 0 Å². The van der Waals surface area contributed by atoms with E-state index in [4.69, 9.17) is 11.6 Å². The third-order valence-electron chi connectivity index (χ3n) is 1.54. The molecule has 1 aromatic carbocycles. The Morgan fingerprint density at radius 2 is 1.55 bits per heavy atom. The summed E-state index contributed by atoms with van der Waals surface area (Å²) in [6, 6.07) is 7.98. The third kappa shape index (κ3) is 3.29. The van der Waals surface area contributed by atoms with Crippen LogP contribution in [0.5, 0.6) is 0 Å². The highest BCUT2D eigenvalue weighted by atomic mass is 35.5. The van der Waals surface area contributed by atoms with Gasteiger partial charge in [-0.2, -0.15) is 0 Å². The summed E-state index contributed by atoms with van der Waals surface area (Å²) < 4.78 is 0. The molecule has 0 aliphatic heterocycles. The van der Waals surface area contributed by atoms with Crippen LogP contribution in [0.25, 0.3) is 0 Å². The van der Waals surface area contributed by atoms with Crippen molar-refractivity contribution in [2.45, 2.75) is 19.8 Å². The molecular formula is C9H14AlCl. The van der Waals surface area contributed by atoms with Crippen LogP contribution in [-0.4, -0.2) is 17.4 Å². The molecule has 0 nitrogen and oxygen atoms in total. The lowest BCUT2D eigenvalue weighted by atomic mass is 10.0. The summed E-state index contributed by atoms with van der Waals surface area (Å²) in [6.45, 7) is 4.34. The van der Waals surface area contributed by atoms with Crippen LogP contribution in [0.2, 0.25) is 5.02 Å². The number of hydrogen-bond donors (Lipinski definition) is 0. The van der Waals surface area contributed by atoms with Gasteiger partial charge in [-0.05, 0) is 23.6 Å². The highest BCUT2D eigenvalue weighted by Crippen LogP contribution is 2.16. The summed E-state index contributed by atoms with van der Waals surface area (Å²) in [7, 11) is 0. The summed E-state index contributed by atoms with van der Waals surface area (Å²) >= 11 is 5.72. The van der Waals surface area contributed by atoms with E-state index in [0.29, 0.717) is 5.92 Å². The molecule has 0 saturated carbocycles. The summed E-state index contributed by atoms with van der Waals surface area (Å²) in [5.74, 6) is 0.595. The van der Waals surface area contributed by atoms with Gasteiger partial charge in [-0.25, -0.2) is 0 Å². The minimum atomic E-state index is 0. The van der Waals surface area contributed by atoms with Crippen molar-refractivity contribution < 1.29 is 0 Å². The van der Waals surface area contributed by atoms with E-state index in [9.17, 15) is 0 Å². The van der Waals surface area contributed by atoms with Crippen molar-refractivity contribution in [3.8, 4) is 0 Å². The topological polar surface area (TPSA) is 0 Å². The van der Waals surface area contributed by atoms with Crippen molar-refractivity contribution in [1.29, 1.82) is 0 Å². The second kappa shape index (κ2) is 4.83. The van der Waals surface area contributed by atoms with Crippen LogP contribution in [0.1, 0.15) is 25.3 Å². The zero-order valence-corrected chi connectivity index (χ0v) is 7.02. The van der Waals surface area contributed by atoms with Crippen LogP contribution in [0, 0.1) is 0 Å². The average Bonchev–Trinajstić information content (AvgIpc) is 1.88. The highest BCUT2D eigenvalue weighted by molar-refractivity contribution is 6.30. The minimum absolute atomic E-state index is 0. The van der Waals surface area contributed by atoms with E-state index in [2.05, 4.69) is 26.0 Å². The second-order valence-corrected chi connectivity index (χ2v) is 3.14. The molecule has 0 bridgehead atoms. The molecule has 0 radical (unpaired) electrons. The number of benzene rings is 1. The molecule has 2 heteroatoms. The fourth-order valence-electron chi connectivity index (χ4n) is 0.848. The first-order valence-electron chi connectivity index (χ1n) is 3.45. The van der Waals surface area contributed by atoms with E-state index in [1.165, 1.54) is 5.56 Å². The van der Waals surface area contributed by atoms with Gasteiger partial charge < -0.3 is 0 Å². The molecule has 0 fully saturated rings. The van der Waals surface area contributed by atoms with E-state index in [0.717, 1.165) is 5.02 Å². The molecule has 11 heavy (non-hydrogen) atoms. The van der Waals surface area contributed by atoms with Gasteiger partial charge in [0.1, 0.15) is 0 Å². The first-order chi connectivity index (χ1) is 4.70. The fraction of sp³-hybridized carbons (Fsp3) is 0.333. The van der Waals surface area contributed by atoms with Gasteiger partial charge >= 0.3 is 0 Å². The van der Waals surface area contributed by atoms with Crippen LogP contribution < -0.4 is 0 Å². The summed E-state index contributed by atoms with van der Waals surface area (Å²) in [5.41, 5.74) is 1.34. The van der Waals surface area contributed by atoms with Crippen LogP contribution in [0.15, 0.2) is 24.3 Å². The van der Waals surface area contributed by atoms with E-state index >= 15 is 0 Å². The van der Waals surface area contributed by atoms with Crippen molar-refractivity contribution in [2.75, 3.05) is 0 Å². The molecule has 1 aromatic rings. The molecule has 0 N–H and O–H groups in total. The minimum Gasteiger partial charge on any atom is -0.0843 e. The monoisotopic (exact) mass is 184 g/mol. The SMILES string of the molecule is CC(C)c1ccc(Cl)cc1.[AlH3]. The zero-order valence-electron chi connectivity index (χ0n) is 6.26. The molecule has 0 unspecified atom stereocenters. The molecule has 0 saturated heterocycles. The summed E-state index contributed by atoms with van der Waals surface area (Å²) in [6.07, 6.45) is 0. The molecule has 0 aromatic heterocycles. The van der Waals surface area contributed by atoms with Crippen LogP contribution >= 0.6 is 11.6 Å². The van der Waals surface area contributed by atoms with Crippen LogP contribution in [-0.2, 0) is 0 Å². The van der Waals surface area contributed by atoms with Gasteiger partial charge in [-0.3, -0.25) is 0 Å². The van der Waals surface area contributed by atoms with Gasteiger partial charge in [0.05, 0.1) is 0 Å². The Labute approximate surface area is 83.7 Å². The second-order valence-electron chi connectivity index (χ2n) is 2.71. The predicted octanol–water partition coefficient (Wildman–Crippen LogP) is 2.28. The third-order valence-corrected chi connectivity index (χ3v) is 1.79. The number of halogens is 1. The van der Waals surface area contributed by atoms with Gasteiger partial charge in [0.25, 0.3) is 0 Å². The lowest BCUT2D eigenvalue weighted by Gasteiger charge is -2.03. The Morgan fingerprint density at radius 3 is 1.91 bits per heavy atom. The number of rotatable bonds is 1. The molecular weight excluding hydrogens is 171 g/mol. The quantitative estimate of drug-likeness (QED) is 0.588. The van der Waals surface area contributed by atoms with Crippen molar-refractivity contribution in [1.82, 2.24) is 0 Å². The van der Waals surface area contributed by atoms with Crippen LogP contribution in [0.3, 0.4) is 0 Å². The lowest BCUT2D eigenvalue weighted by Crippen LogP contribution is -1.84. The van der Waals surface area contributed by atoms with E-state index in [-0.39, 0.29) is 17.4 Å². The van der Waals surface area contributed by atoms with Crippen molar-refractivity contribution in [3.05, 3.63) is 34.9 Å². The molecule has 0 heterocycles.